The Morgan fingerprint density at radius 2 is 2.19 bits per heavy atom. The van der Waals surface area contributed by atoms with E-state index in [1.54, 1.807) is 12.0 Å². The molecule has 1 aliphatic rings. The van der Waals surface area contributed by atoms with Crippen LogP contribution in [-0.2, 0) is 4.79 Å². The summed E-state index contributed by atoms with van der Waals surface area (Å²) in [5.74, 6) is 0.868. The SMILES string of the molecule is CCN=C1S/C(=C\c2ccc(OC)c(I)c2)C(=O)N1CC. The monoisotopic (exact) mass is 416 g/mol. The number of methoxy groups -OCH3 is 1. The van der Waals surface area contributed by atoms with Crippen molar-refractivity contribution in [3.63, 3.8) is 0 Å². The van der Waals surface area contributed by atoms with Gasteiger partial charge in [0.25, 0.3) is 5.91 Å². The Morgan fingerprint density at radius 3 is 2.76 bits per heavy atom. The summed E-state index contributed by atoms with van der Waals surface area (Å²) < 4.78 is 6.27. The third-order valence-electron chi connectivity index (χ3n) is 2.97. The number of halogens is 1. The van der Waals surface area contributed by atoms with Crippen molar-refractivity contribution in [3.05, 3.63) is 32.2 Å². The lowest BCUT2D eigenvalue weighted by Crippen LogP contribution is -2.28. The molecule has 6 heteroatoms. The van der Waals surface area contributed by atoms with E-state index in [2.05, 4.69) is 27.6 Å². The van der Waals surface area contributed by atoms with Crippen LogP contribution in [0.1, 0.15) is 19.4 Å². The largest absolute Gasteiger partial charge is 0.496 e. The number of carbonyl (C=O) groups excluding carboxylic acids is 1. The van der Waals surface area contributed by atoms with E-state index in [-0.39, 0.29) is 5.91 Å². The predicted molar refractivity (Wildman–Crippen MR) is 96.6 cm³/mol. The fourth-order valence-corrected chi connectivity index (χ4v) is 3.83. The van der Waals surface area contributed by atoms with Crippen LogP contribution in [-0.4, -0.2) is 36.2 Å². The summed E-state index contributed by atoms with van der Waals surface area (Å²) in [4.78, 5) is 19.2. The zero-order valence-electron chi connectivity index (χ0n) is 12.2. The number of rotatable bonds is 4. The van der Waals surface area contributed by atoms with Crippen molar-refractivity contribution in [1.82, 2.24) is 4.90 Å². The standard InChI is InChI=1S/C15H17IN2O2S/c1-4-17-15-18(5-2)14(19)13(21-15)9-10-6-7-12(20-3)11(16)8-10/h6-9H,4-5H2,1-3H3/b13-9-,17-15?. The number of thioether (sulfide) groups is 1. The van der Waals surface area contributed by atoms with Crippen LogP contribution in [0.3, 0.4) is 0 Å². The van der Waals surface area contributed by atoms with E-state index in [1.165, 1.54) is 11.8 Å². The maximum absolute atomic E-state index is 12.4. The second kappa shape index (κ2) is 7.31. The van der Waals surface area contributed by atoms with E-state index >= 15 is 0 Å². The van der Waals surface area contributed by atoms with Gasteiger partial charge in [0.1, 0.15) is 5.75 Å². The number of ether oxygens (including phenoxy) is 1. The smallest absolute Gasteiger partial charge is 0.266 e. The molecule has 0 atom stereocenters. The molecule has 0 bridgehead atoms. The average Bonchev–Trinajstić information content (AvgIpc) is 2.75. The maximum atomic E-state index is 12.4. The van der Waals surface area contributed by atoms with E-state index in [9.17, 15) is 4.79 Å². The number of carbonyl (C=O) groups is 1. The zero-order chi connectivity index (χ0) is 15.4. The van der Waals surface area contributed by atoms with Gasteiger partial charge in [-0.05, 0) is 72.0 Å². The predicted octanol–water partition coefficient (Wildman–Crippen LogP) is 3.61. The Labute approximate surface area is 142 Å². The molecule has 2 rings (SSSR count). The molecule has 0 saturated carbocycles. The van der Waals surface area contributed by atoms with Gasteiger partial charge < -0.3 is 4.74 Å². The summed E-state index contributed by atoms with van der Waals surface area (Å²) in [6, 6.07) is 5.87. The first kappa shape index (κ1) is 16.4. The first-order valence-corrected chi connectivity index (χ1v) is 8.59. The van der Waals surface area contributed by atoms with Crippen LogP contribution in [0.5, 0.6) is 5.75 Å². The normalized spacial score (nSPS) is 18.9. The average molecular weight is 416 g/mol. The van der Waals surface area contributed by atoms with Gasteiger partial charge >= 0.3 is 0 Å². The van der Waals surface area contributed by atoms with Gasteiger partial charge in [-0.25, -0.2) is 0 Å². The first-order chi connectivity index (χ1) is 10.1. The summed E-state index contributed by atoms with van der Waals surface area (Å²) in [6.07, 6.45) is 1.91. The van der Waals surface area contributed by atoms with Crippen LogP contribution in [0.4, 0.5) is 0 Å². The molecule has 1 heterocycles. The van der Waals surface area contributed by atoms with Crippen molar-refractivity contribution >= 4 is 51.5 Å². The number of likely N-dealkylation sites (N-methyl/N-ethyl adjacent to an activating group) is 1. The zero-order valence-corrected chi connectivity index (χ0v) is 15.2. The highest BCUT2D eigenvalue weighted by Gasteiger charge is 2.31. The van der Waals surface area contributed by atoms with Gasteiger partial charge in [-0.1, -0.05) is 6.07 Å². The van der Waals surface area contributed by atoms with Gasteiger partial charge in [-0.3, -0.25) is 14.7 Å². The summed E-state index contributed by atoms with van der Waals surface area (Å²) in [7, 11) is 1.65. The molecular weight excluding hydrogens is 399 g/mol. The summed E-state index contributed by atoms with van der Waals surface area (Å²) in [5, 5.41) is 0.791. The van der Waals surface area contributed by atoms with Crippen LogP contribution in [0.25, 0.3) is 6.08 Å². The summed E-state index contributed by atoms with van der Waals surface area (Å²) in [5.41, 5.74) is 0.991. The Balaban J connectivity index is 2.31. The molecule has 1 fully saturated rings. The van der Waals surface area contributed by atoms with Crippen molar-refractivity contribution in [3.8, 4) is 5.75 Å². The number of benzene rings is 1. The van der Waals surface area contributed by atoms with E-state index in [1.807, 2.05) is 38.1 Å². The van der Waals surface area contributed by atoms with Gasteiger partial charge in [0.2, 0.25) is 0 Å². The van der Waals surface area contributed by atoms with Gasteiger partial charge in [0, 0.05) is 13.1 Å². The van der Waals surface area contributed by atoms with Crippen LogP contribution in [0.15, 0.2) is 28.1 Å². The number of nitrogens with zero attached hydrogens (tertiary/aromatic N) is 2. The first-order valence-electron chi connectivity index (χ1n) is 6.70. The lowest BCUT2D eigenvalue weighted by Gasteiger charge is -2.11. The van der Waals surface area contributed by atoms with E-state index in [0.29, 0.717) is 18.0 Å². The highest BCUT2D eigenvalue weighted by atomic mass is 127. The number of hydrogen-bond acceptors (Lipinski definition) is 4. The molecule has 1 aromatic carbocycles. The van der Waals surface area contributed by atoms with Crippen LogP contribution >= 0.6 is 34.4 Å². The minimum Gasteiger partial charge on any atom is -0.496 e. The van der Waals surface area contributed by atoms with Crippen LogP contribution in [0.2, 0.25) is 0 Å². The molecule has 1 aliphatic heterocycles. The molecule has 0 unspecified atom stereocenters. The number of amides is 1. The quantitative estimate of drug-likeness (QED) is 0.557. The Morgan fingerprint density at radius 1 is 1.43 bits per heavy atom. The number of hydrogen-bond donors (Lipinski definition) is 0. The second-order valence-electron chi connectivity index (χ2n) is 4.31. The molecule has 0 aromatic heterocycles. The second-order valence-corrected chi connectivity index (χ2v) is 6.48. The topological polar surface area (TPSA) is 41.9 Å². The molecule has 112 valence electrons. The van der Waals surface area contributed by atoms with Gasteiger partial charge in [-0.2, -0.15) is 0 Å². The molecule has 0 N–H and O–H groups in total. The van der Waals surface area contributed by atoms with Gasteiger partial charge in [0.05, 0.1) is 15.6 Å². The van der Waals surface area contributed by atoms with Crippen molar-refractivity contribution in [1.29, 1.82) is 0 Å². The van der Waals surface area contributed by atoms with Crippen molar-refractivity contribution in [2.24, 2.45) is 4.99 Å². The van der Waals surface area contributed by atoms with E-state index in [4.69, 9.17) is 4.74 Å². The molecule has 4 nitrogen and oxygen atoms in total. The Bertz CT molecular complexity index is 614. The van der Waals surface area contributed by atoms with Gasteiger partial charge in [0.15, 0.2) is 5.17 Å². The molecule has 0 spiro atoms. The Kier molecular flexibility index (Phi) is 5.69. The number of aliphatic imine (C=N–C) groups is 1. The van der Waals surface area contributed by atoms with E-state index < -0.39 is 0 Å². The highest BCUT2D eigenvalue weighted by Crippen LogP contribution is 2.33. The highest BCUT2D eigenvalue weighted by molar-refractivity contribution is 14.1. The van der Waals surface area contributed by atoms with E-state index in [0.717, 1.165) is 20.1 Å². The van der Waals surface area contributed by atoms with Crippen molar-refractivity contribution < 1.29 is 9.53 Å². The van der Waals surface area contributed by atoms with Crippen LogP contribution in [0, 0.1) is 3.57 Å². The molecule has 1 aromatic rings. The molecule has 0 radical (unpaired) electrons. The number of amidine groups is 1. The fraction of sp³-hybridized carbons (Fsp3) is 0.333. The lowest BCUT2D eigenvalue weighted by molar-refractivity contribution is -0.122. The Hall–Kier alpha value is -1.02. The van der Waals surface area contributed by atoms with Crippen molar-refractivity contribution in [2.75, 3.05) is 20.2 Å². The molecule has 21 heavy (non-hydrogen) atoms. The van der Waals surface area contributed by atoms with Crippen molar-refractivity contribution in [2.45, 2.75) is 13.8 Å². The lowest BCUT2D eigenvalue weighted by atomic mass is 10.2. The molecular formula is C15H17IN2O2S. The van der Waals surface area contributed by atoms with Gasteiger partial charge in [-0.15, -0.1) is 0 Å². The minimum atomic E-state index is 0.0283. The molecule has 1 saturated heterocycles. The minimum absolute atomic E-state index is 0.0283. The molecule has 0 aliphatic carbocycles. The maximum Gasteiger partial charge on any atom is 0.266 e. The third-order valence-corrected chi connectivity index (χ3v) is 4.86. The third kappa shape index (κ3) is 3.60. The summed E-state index contributed by atoms with van der Waals surface area (Å²) >= 11 is 3.67. The molecule has 1 amide bonds. The summed E-state index contributed by atoms with van der Waals surface area (Å²) in [6.45, 7) is 5.25. The fourth-order valence-electron chi connectivity index (χ4n) is 1.96. The van der Waals surface area contributed by atoms with Crippen LogP contribution < -0.4 is 4.74 Å².